The van der Waals surface area contributed by atoms with Crippen LogP contribution in [0.5, 0.6) is 5.75 Å². The first kappa shape index (κ1) is 21.4. The minimum Gasteiger partial charge on any atom is -0.507 e. The number of amides is 1. The summed E-state index contributed by atoms with van der Waals surface area (Å²) >= 11 is 6.36. The van der Waals surface area contributed by atoms with Crippen molar-refractivity contribution in [2.45, 2.75) is 51.1 Å². The van der Waals surface area contributed by atoms with Crippen molar-refractivity contribution in [2.75, 3.05) is 6.61 Å². The first-order chi connectivity index (χ1) is 15.0. The predicted molar refractivity (Wildman–Crippen MR) is 118 cm³/mol. The monoisotopic (exact) mass is 440 g/mol. The number of carbonyl (C=O) groups excluding carboxylic acids is 2. The van der Waals surface area contributed by atoms with Crippen LogP contribution in [0.1, 0.15) is 56.3 Å². The van der Waals surface area contributed by atoms with Crippen molar-refractivity contribution < 1.29 is 19.4 Å². The molecule has 1 saturated heterocycles. The first-order valence-electron chi connectivity index (χ1n) is 10.7. The number of likely N-dealkylation sites (tertiary alicyclic amines) is 1. The normalized spacial score (nSPS) is 21.5. The van der Waals surface area contributed by atoms with Crippen LogP contribution < -0.4 is 4.74 Å². The maximum Gasteiger partial charge on any atom is 0.295 e. The summed E-state index contributed by atoms with van der Waals surface area (Å²) in [5.74, 6) is -1.10. The Hall–Kier alpha value is -2.86. The van der Waals surface area contributed by atoms with Crippen LogP contribution in [0, 0.1) is 0 Å². The number of hydrogen-bond acceptors (Lipinski definition) is 5. The molecule has 2 aliphatic rings. The second-order valence-electron chi connectivity index (χ2n) is 7.83. The molecule has 1 aliphatic heterocycles. The van der Waals surface area contributed by atoms with Crippen LogP contribution in [0.4, 0.5) is 0 Å². The number of pyridine rings is 1. The third-order valence-electron chi connectivity index (χ3n) is 5.92. The summed E-state index contributed by atoms with van der Waals surface area (Å²) < 4.78 is 5.52. The molecular weight excluding hydrogens is 416 g/mol. The van der Waals surface area contributed by atoms with Crippen LogP contribution in [0.2, 0.25) is 5.02 Å². The number of aromatic nitrogens is 1. The number of rotatable bonds is 5. The molecule has 0 radical (unpaired) electrons. The van der Waals surface area contributed by atoms with Crippen LogP contribution in [-0.2, 0) is 9.59 Å². The Balaban J connectivity index is 1.87. The number of ether oxygens (including phenoxy) is 1. The largest absolute Gasteiger partial charge is 0.507 e. The number of aliphatic hydroxyl groups excluding tert-OH is 1. The van der Waals surface area contributed by atoms with Gasteiger partial charge in [-0.1, -0.05) is 36.9 Å². The summed E-state index contributed by atoms with van der Waals surface area (Å²) in [6, 6.07) is 9.44. The van der Waals surface area contributed by atoms with Gasteiger partial charge in [-0.3, -0.25) is 14.6 Å². The summed E-state index contributed by atoms with van der Waals surface area (Å²) in [7, 11) is 0. The highest BCUT2D eigenvalue weighted by Crippen LogP contribution is 2.43. The number of aliphatic hydroxyl groups is 1. The molecule has 2 heterocycles. The molecule has 162 valence electrons. The van der Waals surface area contributed by atoms with Gasteiger partial charge in [0.05, 0.1) is 22.9 Å². The van der Waals surface area contributed by atoms with E-state index in [1.54, 1.807) is 41.4 Å². The van der Waals surface area contributed by atoms with Crippen LogP contribution in [0.25, 0.3) is 5.76 Å². The molecule has 31 heavy (non-hydrogen) atoms. The first-order valence-corrected chi connectivity index (χ1v) is 11.0. The van der Waals surface area contributed by atoms with E-state index in [1.807, 2.05) is 13.0 Å². The van der Waals surface area contributed by atoms with Crippen molar-refractivity contribution in [3.8, 4) is 5.75 Å². The van der Waals surface area contributed by atoms with Crippen LogP contribution >= 0.6 is 11.6 Å². The van der Waals surface area contributed by atoms with E-state index in [-0.39, 0.29) is 28.0 Å². The number of benzene rings is 1. The van der Waals surface area contributed by atoms with Gasteiger partial charge in [-0.15, -0.1) is 0 Å². The van der Waals surface area contributed by atoms with Crippen molar-refractivity contribution in [3.63, 3.8) is 0 Å². The van der Waals surface area contributed by atoms with E-state index in [1.165, 1.54) is 0 Å². The average Bonchev–Trinajstić information content (AvgIpc) is 3.06. The maximum atomic E-state index is 13.2. The Morgan fingerprint density at radius 3 is 2.65 bits per heavy atom. The second kappa shape index (κ2) is 9.10. The summed E-state index contributed by atoms with van der Waals surface area (Å²) in [4.78, 5) is 32.3. The van der Waals surface area contributed by atoms with E-state index < -0.39 is 17.7 Å². The lowest BCUT2D eigenvalue weighted by molar-refractivity contribution is -0.141. The molecule has 1 aliphatic carbocycles. The highest BCUT2D eigenvalue weighted by molar-refractivity contribution is 6.47. The summed E-state index contributed by atoms with van der Waals surface area (Å²) in [5.41, 5.74) is 0.825. The minimum atomic E-state index is -0.754. The number of hydrogen-bond donors (Lipinski definition) is 1. The molecule has 0 spiro atoms. The smallest absolute Gasteiger partial charge is 0.295 e. The molecule has 1 N–H and O–H groups in total. The topological polar surface area (TPSA) is 79.7 Å². The van der Waals surface area contributed by atoms with Crippen molar-refractivity contribution in [1.82, 2.24) is 9.88 Å². The average molecular weight is 441 g/mol. The van der Waals surface area contributed by atoms with E-state index in [0.29, 0.717) is 18.1 Å². The molecule has 1 amide bonds. The lowest BCUT2D eigenvalue weighted by atomic mass is 9.92. The van der Waals surface area contributed by atoms with Gasteiger partial charge >= 0.3 is 0 Å². The maximum absolute atomic E-state index is 13.2. The quantitative estimate of drug-likeness (QED) is 0.407. The van der Waals surface area contributed by atoms with E-state index in [2.05, 4.69) is 4.98 Å². The van der Waals surface area contributed by atoms with Gasteiger partial charge < -0.3 is 14.7 Å². The Bertz CT molecular complexity index is 1020. The molecule has 1 aromatic heterocycles. The standard InChI is InChI=1S/C24H25ClN2O4/c1-2-31-16-11-12-18(25)17(14-16)22(28)20-21(19-10-6-7-13-26-19)27(24(30)23(20)29)15-8-4-3-5-9-15/h6-7,10-15,21,28H,2-5,8-9H2,1H3/b22-20+. The fourth-order valence-corrected chi connectivity index (χ4v) is 4.71. The zero-order valence-corrected chi connectivity index (χ0v) is 18.1. The number of nitrogens with zero attached hydrogens (tertiary/aromatic N) is 2. The van der Waals surface area contributed by atoms with Gasteiger partial charge in [-0.2, -0.15) is 0 Å². The number of halogens is 1. The van der Waals surface area contributed by atoms with Gasteiger partial charge in [0.2, 0.25) is 0 Å². The number of Topliss-reactive ketones (excluding diaryl/α,β-unsaturated/α-hetero) is 1. The fraction of sp³-hybridized carbons (Fsp3) is 0.375. The highest BCUT2D eigenvalue weighted by Gasteiger charge is 2.49. The summed E-state index contributed by atoms with van der Waals surface area (Å²) in [5, 5.41) is 11.5. The second-order valence-corrected chi connectivity index (χ2v) is 8.23. The molecule has 2 aromatic rings. The molecule has 0 bridgehead atoms. The molecule has 7 heteroatoms. The number of ketones is 1. The highest BCUT2D eigenvalue weighted by atomic mass is 35.5. The van der Waals surface area contributed by atoms with Gasteiger partial charge in [0.15, 0.2) is 0 Å². The zero-order chi connectivity index (χ0) is 22.0. The van der Waals surface area contributed by atoms with Gasteiger partial charge in [0.1, 0.15) is 17.6 Å². The van der Waals surface area contributed by atoms with Gasteiger partial charge in [0, 0.05) is 17.8 Å². The minimum absolute atomic E-state index is 0.0184. The lowest BCUT2D eigenvalue weighted by Crippen LogP contribution is -2.40. The third kappa shape index (κ3) is 4.04. The Morgan fingerprint density at radius 1 is 1.19 bits per heavy atom. The third-order valence-corrected chi connectivity index (χ3v) is 6.25. The van der Waals surface area contributed by atoms with Gasteiger partial charge in [0.25, 0.3) is 11.7 Å². The molecule has 2 fully saturated rings. The Kier molecular flexibility index (Phi) is 6.28. The molecule has 1 unspecified atom stereocenters. The van der Waals surface area contributed by atoms with E-state index in [4.69, 9.17) is 16.3 Å². The van der Waals surface area contributed by atoms with Crippen molar-refractivity contribution in [2.24, 2.45) is 0 Å². The lowest BCUT2D eigenvalue weighted by Gasteiger charge is -2.35. The van der Waals surface area contributed by atoms with Crippen LogP contribution in [0.3, 0.4) is 0 Å². The van der Waals surface area contributed by atoms with Gasteiger partial charge in [-0.25, -0.2) is 0 Å². The van der Waals surface area contributed by atoms with Crippen molar-refractivity contribution >= 4 is 29.1 Å². The van der Waals surface area contributed by atoms with Crippen molar-refractivity contribution in [1.29, 1.82) is 0 Å². The number of carbonyl (C=O) groups is 2. The SMILES string of the molecule is CCOc1ccc(Cl)c(/C(O)=C2\C(=O)C(=O)N(C3CCCCC3)C2c2ccccn2)c1. The molecule has 4 rings (SSSR count). The molecule has 1 saturated carbocycles. The molecule has 6 nitrogen and oxygen atoms in total. The van der Waals surface area contributed by atoms with E-state index >= 15 is 0 Å². The Morgan fingerprint density at radius 2 is 1.97 bits per heavy atom. The van der Waals surface area contributed by atoms with Crippen LogP contribution in [-0.4, -0.2) is 39.3 Å². The summed E-state index contributed by atoms with van der Waals surface area (Å²) in [6.07, 6.45) is 6.41. The molecule has 1 aromatic carbocycles. The molecule has 1 atom stereocenters. The predicted octanol–water partition coefficient (Wildman–Crippen LogP) is 4.89. The molecular formula is C24H25ClN2O4. The van der Waals surface area contributed by atoms with Gasteiger partial charge in [-0.05, 0) is 50.1 Å². The van der Waals surface area contributed by atoms with E-state index in [9.17, 15) is 14.7 Å². The Labute approximate surface area is 186 Å². The fourth-order valence-electron chi connectivity index (χ4n) is 4.50. The zero-order valence-electron chi connectivity index (χ0n) is 17.4. The van der Waals surface area contributed by atoms with E-state index in [0.717, 1.165) is 32.1 Å². The van der Waals surface area contributed by atoms with Crippen LogP contribution in [0.15, 0.2) is 48.2 Å². The summed E-state index contributed by atoms with van der Waals surface area (Å²) in [6.45, 7) is 2.30. The van der Waals surface area contributed by atoms with Crippen molar-refractivity contribution in [3.05, 3.63) is 64.4 Å².